The van der Waals surface area contributed by atoms with Crippen molar-refractivity contribution in [1.29, 1.82) is 0 Å². The number of hydrogen-bond donors (Lipinski definition) is 4. The Morgan fingerprint density at radius 1 is 1.34 bits per heavy atom. The number of anilines is 1. The topological polar surface area (TPSA) is 180 Å². The van der Waals surface area contributed by atoms with E-state index in [0.717, 1.165) is 19.3 Å². The summed E-state index contributed by atoms with van der Waals surface area (Å²) in [5, 5.41) is 23.2. The van der Waals surface area contributed by atoms with Crippen LogP contribution in [-0.4, -0.2) is 66.0 Å². The molecule has 7 N–H and O–H groups in total. The number of likely N-dealkylation sites (N-methyl/N-ethyl adjacent to an activating group) is 1. The number of amides is 1. The van der Waals surface area contributed by atoms with Gasteiger partial charge in [0.1, 0.15) is 17.7 Å². The zero-order valence-corrected chi connectivity index (χ0v) is 16.3. The molecule has 1 aliphatic heterocycles. The number of rotatable bonds is 5. The predicted molar refractivity (Wildman–Crippen MR) is 104 cm³/mol. The molecule has 0 spiro atoms. The molecule has 0 aliphatic carbocycles. The smallest absolute Gasteiger partial charge is 0.252 e. The fourth-order valence-electron chi connectivity index (χ4n) is 2.97. The summed E-state index contributed by atoms with van der Waals surface area (Å²) in [6.07, 6.45) is -0.874. The minimum atomic E-state index is -1.39. The van der Waals surface area contributed by atoms with Gasteiger partial charge in [-0.1, -0.05) is 19.3 Å². The first kappa shape index (κ1) is 22.5. The fourth-order valence-corrected chi connectivity index (χ4v) is 2.97. The number of carbonyl (C=O) groups excluding carboxylic acids is 1. The summed E-state index contributed by atoms with van der Waals surface area (Å²) in [5.74, 6) is 5.75. The number of fused-ring (bicyclic) bond motifs is 1. The fraction of sp³-hybridized carbons (Fsp3) is 0.556. The van der Waals surface area contributed by atoms with E-state index >= 15 is 0 Å². The van der Waals surface area contributed by atoms with Gasteiger partial charge >= 0.3 is 0 Å². The molecule has 0 bridgehead atoms. The molecule has 158 valence electrons. The first-order valence-electron chi connectivity index (χ1n) is 9.26. The number of unbranched alkanes of at least 4 members (excludes halogenated alkanes) is 2. The van der Waals surface area contributed by atoms with Gasteiger partial charge in [-0.2, -0.15) is 0 Å². The Bertz CT molecular complexity index is 921. The lowest BCUT2D eigenvalue weighted by molar-refractivity contribution is -0.137. The second-order valence-electron chi connectivity index (χ2n) is 6.48. The van der Waals surface area contributed by atoms with Gasteiger partial charge in [-0.05, 0) is 19.3 Å². The largest absolute Gasteiger partial charge is 0.412 e. The van der Waals surface area contributed by atoms with Crippen molar-refractivity contribution in [2.24, 2.45) is 0 Å². The lowest BCUT2D eigenvalue weighted by Crippen LogP contribution is -2.42. The van der Waals surface area contributed by atoms with Crippen molar-refractivity contribution in [3.63, 3.8) is 0 Å². The van der Waals surface area contributed by atoms with Crippen LogP contribution < -0.4 is 11.1 Å². The molecular formula is C18H26N6O5. The van der Waals surface area contributed by atoms with Crippen molar-refractivity contribution in [2.45, 2.75) is 57.6 Å². The van der Waals surface area contributed by atoms with Crippen molar-refractivity contribution >= 4 is 22.9 Å². The first-order chi connectivity index (χ1) is 13.5. The molecule has 0 unspecified atom stereocenters. The summed E-state index contributed by atoms with van der Waals surface area (Å²) in [7, 11) is 0. The number of aliphatic hydroxyl groups is 2. The molecule has 11 nitrogen and oxygen atoms in total. The summed E-state index contributed by atoms with van der Waals surface area (Å²) in [4.78, 5) is 24.7. The molecule has 1 aliphatic rings. The third-order valence-corrected chi connectivity index (χ3v) is 4.43. The molecule has 0 saturated carbocycles. The zero-order valence-electron chi connectivity index (χ0n) is 16.3. The lowest BCUT2D eigenvalue weighted by atomic mass is 10.1. The summed E-state index contributed by atoms with van der Waals surface area (Å²) >= 11 is 0. The van der Waals surface area contributed by atoms with Crippen molar-refractivity contribution in [3.8, 4) is 11.8 Å². The monoisotopic (exact) mass is 406 g/mol. The second kappa shape index (κ2) is 9.62. The van der Waals surface area contributed by atoms with E-state index in [1.807, 2.05) is 0 Å². The van der Waals surface area contributed by atoms with E-state index in [9.17, 15) is 15.0 Å². The maximum atomic E-state index is 12.1. The number of nitrogen functional groups attached to an aromatic ring is 1. The molecule has 3 rings (SSSR count). The Kier molecular flexibility index (Phi) is 7.46. The van der Waals surface area contributed by atoms with Gasteiger partial charge in [0.25, 0.3) is 5.91 Å². The Labute approximate surface area is 167 Å². The highest BCUT2D eigenvalue weighted by Crippen LogP contribution is 2.32. The van der Waals surface area contributed by atoms with Crippen LogP contribution in [0.2, 0.25) is 0 Å². The van der Waals surface area contributed by atoms with Crippen molar-refractivity contribution in [1.82, 2.24) is 24.8 Å². The molecule has 29 heavy (non-hydrogen) atoms. The van der Waals surface area contributed by atoms with E-state index < -0.39 is 30.4 Å². The number of aromatic nitrogens is 4. The van der Waals surface area contributed by atoms with E-state index in [4.69, 9.17) is 10.5 Å². The van der Waals surface area contributed by atoms with Crippen LogP contribution in [0.25, 0.3) is 11.2 Å². The van der Waals surface area contributed by atoms with Gasteiger partial charge in [0.2, 0.25) is 5.82 Å². The third kappa shape index (κ3) is 4.46. The number of ether oxygens (including phenoxy) is 1. The average Bonchev–Trinajstić information content (AvgIpc) is 3.21. The van der Waals surface area contributed by atoms with E-state index in [1.165, 1.54) is 10.9 Å². The molecule has 1 saturated heterocycles. The minimum absolute atomic E-state index is 0. The van der Waals surface area contributed by atoms with E-state index in [2.05, 4.69) is 39.0 Å². The van der Waals surface area contributed by atoms with Gasteiger partial charge in [-0.3, -0.25) is 9.36 Å². The molecule has 4 atom stereocenters. The van der Waals surface area contributed by atoms with Gasteiger partial charge in [0, 0.05) is 13.0 Å². The number of nitrogens with one attached hydrogen (secondary N) is 1. The summed E-state index contributed by atoms with van der Waals surface area (Å²) in [5.41, 5.74) is 6.60. The summed E-state index contributed by atoms with van der Waals surface area (Å²) in [6, 6.07) is 0. The van der Waals surface area contributed by atoms with Crippen LogP contribution in [0, 0.1) is 11.8 Å². The van der Waals surface area contributed by atoms with Crippen molar-refractivity contribution in [3.05, 3.63) is 12.2 Å². The van der Waals surface area contributed by atoms with Gasteiger partial charge in [0.05, 0.1) is 6.33 Å². The van der Waals surface area contributed by atoms with Crippen LogP contribution in [0.4, 0.5) is 5.82 Å². The van der Waals surface area contributed by atoms with Crippen molar-refractivity contribution < 1.29 is 25.2 Å². The van der Waals surface area contributed by atoms with Crippen LogP contribution >= 0.6 is 0 Å². The number of imidazole rings is 1. The molecule has 3 heterocycles. The standard InChI is InChI=1S/C18H24N6O4.H2O/c1-3-5-6-7-8-10-22-15(19)11-16(23-10)24(9-21-11)18-13(26)12(25)14(28-18)17(27)20-4-2;/h9,12-14,18,25-26H,3-6H2,1-2H3,(H,20,27)(H2,19,22,23);1H2/t12-,13+,14-,18+;/m0./s1. The van der Waals surface area contributed by atoms with E-state index in [-0.39, 0.29) is 17.1 Å². The van der Waals surface area contributed by atoms with Gasteiger partial charge in [0.15, 0.2) is 23.8 Å². The SMILES string of the molecule is CCCCC#Cc1nc(N)c2ncn([C@@H]3O[C@H](C(=O)NCC)[C@@H](O)[C@H]3O)c2n1.O. The Morgan fingerprint density at radius 3 is 2.79 bits per heavy atom. The number of aliphatic hydroxyl groups excluding tert-OH is 2. The number of nitrogens with two attached hydrogens (primary N) is 1. The highest BCUT2D eigenvalue weighted by molar-refractivity contribution is 5.83. The normalized spacial score (nSPS) is 23.3. The molecule has 2 aromatic heterocycles. The molecular weight excluding hydrogens is 380 g/mol. The van der Waals surface area contributed by atoms with Gasteiger partial charge < -0.3 is 31.5 Å². The minimum Gasteiger partial charge on any atom is -0.412 e. The van der Waals surface area contributed by atoms with Crippen LogP contribution in [0.3, 0.4) is 0 Å². The van der Waals surface area contributed by atoms with Gasteiger partial charge in [-0.15, -0.1) is 0 Å². The second-order valence-corrected chi connectivity index (χ2v) is 6.48. The predicted octanol–water partition coefficient (Wildman–Crippen LogP) is -1.12. The van der Waals surface area contributed by atoms with Crippen molar-refractivity contribution in [2.75, 3.05) is 12.3 Å². The summed E-state index contributed by atoms with van der Waals surface area (Å²) < 4.78 is 7.05. The highest BCUT2D eigenvalue weighted by atomic mass is 16.6. The van der Waals surface area contributed by atoms with E-state index in [1.54, 1.807) is 6.92 Å². The molecule has 2 aromatic rings. The molecule has 0 aromatic carbocycles. The zero-order chi connectivity index (χ0) is 20.3. The number of carbonyl (C=O) groups is 1. The average molecular weight is 406 g/mol. The number of hydrogen-bond acceptors (Lipinski definition) is 8. The van der Waals surface area contributed by atoms with E-state index in [0.29, 0.717) is 17.7 Å². The molecule has 1 amide bonds. The Morgan fingerprint density at radius 2 is 2.10 bits per heavy atom. The van der Waals surface area contributed by atoms with Crippen LogP contribution in [0.15, 0.2) is 6.33 Å². The third-order valence-electron chi connectivity index (χ3n) is 4.43. The van der Waals surface area contributed by atoms with Crippen LogP contribution in [0.1, 0.15) is 45.2 Å². The first-order valence-corrected chi connectivity index (χ1v) is 9.26. The maximum absolute atomic E-state index is 12.1. The van der Waals surface area contributed by atoms with Gasteiger partial charge in [-0.25, -0.2) is 15.0 Å². The summed E-state index contributed by atoms with van der Waals surface area (Å²) in [6.45, 7) is 4.21. The molecule has 1 fully saturated rings. The Hall–Kier alpha value is -2.78. The molecule has 0 radical (unpaired) electrons. The lowest BCUT2D eigenvalue weighted by Gasteiger charge is -2.16. The quantitative estimate of drug-likeness (QED) is 0.356. The Balaban J connectivity index is 0.00000300. The maximum Gasteiger partial charge on any atom is 0.252 e. The van der Waals surface area contributed by atoms with Crippen LogP contribution in [-0.2, 0) is 9.53 Å². The molecule has 11 heteroatoms. The number of nitrogens with zero attached hydrogens (tertiary/aromatic N) is 4. The highest BCUT2D eigenvalue weighted by Gasteiger charge is 2.47. The van der Waals surface area contributed by atoms with Crippen LogP contribution in [0.5, 0.6) is 0 Å².